The zero-order valence-corrected chi connectivity index (χ0v) is 16.5. The van der Waals surface area contributed by atoms with Crippen molar-refractivity contribution >= 4 is 11.5 Å². The van der Waals surface area contributed by atoms with Gasteiger partial charge in [-0.1, -0.05) is 18.2 Å². The highest BCUT2D eigenvalue weighted by atomic mass is 16.5. The van der Waals surface area contributed by atoms with E-state index in [2.05, 4.69) is 15.3 Å². The molecule has 0 saturated heterocycles. The standard InChI is InChI=1S/C22H22N4O3/c1-27-16-9-7-15(8-10-16)13-24-21-22-25-14-17(26(22)12-11-23-21)20-18(28-2)5-4-6-19(20)29-3/h4-12,14H,13H2,1-3H3,(H,23,24). The number of methoxy groups -OCH3 is 3. The van der Waals surface area contributed by atoms with Crippen molar-refractivity contribution in [1.82, 2.24) is 14.4 Å². The summed E-state index contributed by atoms with van der Waals surface area (Å²) in [7, 11) is 4.94. The van der Waals surface area contributed by atoms with Crippen LogP contribution in [-0.4, -0.2) is 35.7 Å². The first-order chi connectivity index (χ1) is 14.2. The van der Waals surface area contributed by atoms with Gasteiger partial charge >= 0.3 is 0 Å². The molecule has 148 valence electrons. The minimum atomic E-state index is 0.622. The van der Waals surface area contributed by atoms with Gasteiger partial charge in [-0.3, -0.25) is 4.40 Å². The lowest BCUT2D eigenvalue weighted by Crippen LogP contribution is -2.04. The van der Waals surface area contributed by atoms with E-state index in [4.69, 9.17) is 14.2 Å². The molecular formula is C22H22N4O3. The molecule has 7 nitrogen and oxygen atoms in total. The maximum Gasteiger partial charge on any atom is 0.180 e. The van der Waals surface area contributed by atoms with Crippen molar-refractivity contribution in [3.63, 3.8) is 0 Å². The monoisotopic (exact) mass is 390 g/mol. The molecule has 2 aromatic carbocycles. The number of fused-ring (bicyclic) bond motifs is 1. The molecule has 7 heteroatoms. The summed E-state index contributed by atoms with van der Waals surface area (Å²) < 4.78 is 18.3. The second-order valence-corrected chi connectivity index (χ2v) is 6.35. The Bertz CT molecular complexity index is 1100. The van der Waals surface area contributed by atoms with Crippen LogP contribution in [0.15, 0.2) is 61.1 Å². The van der Waals surface area contributed by atoms with Crippen LogP contribution in [0.4, 0.5) is 5.82 Å². The van der Waals surface area contributed by atoms with Crippen molar-refractivity contribution in [1.29, 1.82) is 0 Å². The maximum atomic E-state index is 5.55. The van der Waals surface area contributed by atoms with Crippen molar-refractivity contribution < 1.29 is 14.2 Å². The van der Waals surface area contributed by atoms with Crippen LogP contribution in [0.5, 0.6) is 17.2 Å². The number of hydrogen-bond acceptors (Lipinski definition) is 6. The lowest BCUT2D eigenvalue weighted by atomic mass is 10.1. The molecule has 1 N–H and O–H groups in total. The van der Waals surface area contributed by atoms with E-state index >= 15 is 0 Å². The van der Waals surface area contributed by atoms with Crippen LogP contribution in [0.1, 0.15) is 5.56 Å². The number of nitrogens with one attached hydrogen (secondary N) is 1. The number of hydrogen-bond donors (Lipinski definition) is 1. The van der Waals surface area contributed by atoms with E-state index in [1.165, 1.54) is 0 Å². The normalized spacial score (nSPS) is 10.7. The minimum absolute atomic E-state index is 0.622. The van der Waals surface area contributed by atoms with E-state index in [1.54, 1.807) is 33.7 Å². The molecule has 0 radical (unpaired) electrons. The molecule has 2 aromatic heterocycles. The van der Waals surface area contributed by atoms with Crippen LogP contribution in [0, 0.1) is 0 Å². The molecular weight excluding hydrogens is 368 g/mol. The molecule has 0 unspecified atom stereocenters. The Morgan fingerprint density at radius 3 is 2.28 bits per heavy atom. The highest BCUT2D eigenvalue weighted by molar-refractivity contribution is 5.78. The Labute approximate surface area is 168 Å². The van der Waals surface area contributed by atoms with Gasteiger partial charge in [-0.15, -0.1) is 0 Å². The van der Waals surface area contributed by atoms with Crippen LogP contribution < -0.4 is 19.5 Å². The van der Waals surface area contributed by atoms with Crippen molar-refractivity contribution in [3.8, 4) is 28.5 Å². The van der Waals surface area contributed by atoms with Gasteiger partial charge in [0, 0.05) is 18.9 Å². The summed E-state index contributed by atoms with van der Waals surface area (Å²) in [6, 6.07) is 13.6. The Hall–Kier alpha value is -3.74. The summed E-state index contributed by atoms with van der Waals surface area (Å²) in [6.07, 6.45) is 5.43. The van der Waals surface area contributed by atoms with E-state index in [0.29, 0.717) is 12.4 Å². The molecule has 0 aliphatic rings. The topological polar surface area (TPSA) is 69.9 Å². The number of ether oxygens (including phenoxy) is 3. The molecule has 0 fully saturated rings. The summed E-state index contributed by atoms with van der Waals surface area (Å²) in [5.41, 5.74) is 3.55. The van der Waals surface area contributed by atoms with Gasteiger partial charge in [-0.25, -0.2) is 9.97 Å². The first-order valence-electron chi connectivity index (χ1n) is 9.15. The van der Waals surface area contributed by atoms with Crippen LogP contribution >= 0.6 is 0 Å². The van der Waals surface area contributed by atoms with Crippen LogP contribution in [0.25, 0.3) is 16.9 Å². The van der Waals surface area contributed by atoms with Gasteiger partial charge in [0.05, 0.1) is 38.8 Å². The molecule has 0 aliphatic carbocycles. The highest BCUT2D eigenvalue weighted by Gasteiger charge is 2.18. The van der Waals surface area contributed by atoms with Gasteiger partial charge in [0.25, 0.3) is 0 Å². The first-order valence-corrected chi connectivity index (χ1v) is 9.15. The zero-order chi connectivity index (χ0) is 20.2. The molecule has 0 bridgehead atoms. The number of aromatic nitrogens is 3. The van der Waals surface area contributed by atoms with Crippen LogP contribution in [0.2, 0.25) is 0 Å². The molecule has 0 aliphatic heterocycles. The predicted octanol–water partition coefficient (Wildman–Crippen LogP) is 4.03. The second kappa shape index (κ2) is 8.10. The summed E-state index contributed by atoms with van der Waals surface area (Å²) in [5, 5.41) is 3.37. The quantitative estimate of drug-likeness (QED) is 0.514. The second-order valence-electron chi connectivity index (χ2n) is 6.35. The molecule has 2 heterocycles. The number of anilines is 1. The Morgan fingerprint density at radius 1 is 0.897 bits per heavy atom. The van der Waals surface area contributed by atoms with Gasteiger partial charge in [0.2, 0.25) is 0 Å². The van der Waals surface area contributed by atoms with Gasteiger partial charge in [-0.2, -0.15) is 0 Å². The highest BCUT2D eigenvalue weighted by Crippen LogP contribution is 2.38. The maximum absolute atomic E-state index is 5.55. The van der Waals surface area contributed by atoms with Gasteiger partial charge in [0.15, 0.2) is 11.5 Å². The first kappa shape index (κ1) is 18.6. The fourth-order valence-corrected chi connectivity index (χ4v) is 3.26. The van der Waals surface area contributed by atoms with Gasteiger partial charge in [-0.05, 0) is 29.8 Å². The smallest absolute Gasteiger partial charge is 0.180 e. The van der Waals surface area contributed by atoms with E-state index in [1.807, 2.05) is 53.1 Å². The third-order valence-corrected chi connectivity index (χ3v) is 4.73. The van der Waals surface area contributed by atoms with E-state index in [-0.39, 0.29) is 0 Å². The van der Waals surface area contributed by atoms with E-state index < -0.39 is 0 Å². The summed E-state index contributed by atoms with van der Waals surface area (Å²) in [5.74, 6) is 2.97. The van der Waals surface area contributed by atoms with Gasteiger partial charge < -0.3 is 19.5 Å². The van der Waals surface area contributed by atoms with Crippen molar-refractivity contribution in [2.45, 2.75) is 6.54 Å². The summed E-state index contributed by atoms with van der Waals surface area (Å²) >= 11 is 0. The fourth-order valence-electron chi connectivity index (χ4n) is 3.26. The van der Waals surface area contributed by atoms with Crippen LogP contribution in [-0.2, 0) is 6.54 Å². The Morgan fingerprint density at radius 2 is 1.62 bits per heavy atom. The molecule has 29 heavy (non-hydrogen) atoms. The van der Waals surface area contributed by atoms with E-state index in [9.17, 15) is 0 Å². The average molecular weight is 390 g/mol. The summed E-state index contributed by atoms with van der Waals surface area (Å²) in [6.45, 7) is 0.622. The number of rotatable bonds is 7. The molecule has 0 atom stereocenters. The Balaban J connectivity index is 1.69. The van der Waals surface area contributed by atoms with Crippen molar-refractivity contribution in [2.24, 2.45) is 0 Å². The molecule has 4 rings (SSSR count). The molecule has 0 spiro atoms. The predicted molar refractivity (Wildman–Crippen MR) is 112 cm³/mol. The third-order valence-electron chi connectivity index (χ3n) is 4.73. The lowest BCUT2D eigenvalue weighted by Gasteiger charge is -2.13. The summed E-state index contributed by atoms with van der Waals surface area (Å²) in [4.78, 5) is 9.06. The molecule has 0 amide bonds. The number of benzene rings is 2. The van der Waals surface area contributed by atoms with Crippen molar-refractivity contribution in [3.05, 3.63) is 66.6 Å². The largest absolute Gasteiger partial charge is 0.497 e. The molecule has 4 aromatic rings. The molecule has 0 saturated carbocycles. The van der Waals surface area contributed by atoms with Crippen LogP contribution in [0.3, 0.4) is 0 Å². The van der Waals surface area contributed by atoms with Gasteiger partial charge in [0.1, 0.15) is 17.2 Å². The van der Waals surface area contributed by atoms with Crippen molar-refractivity contribution in [2.75, 3.05) is 26.6 Å². The number of imidazole rings is 1. The number of nitrogens with zero attached hydrogens (tertiary/aromatic N) is 3. The lowest BCUT2D eigenvalue weighted by molar-refractivity contribution is 0.397. The average Bonchev–Trinajstić information content (AvgIpc) is 3.21. The SMILES string of the molecule is COc1ccc(CNc2nccn3c(-c4c(OC)cccc4OC)cnc23)cc1. The Kier molecular flexibility index (Phi) is 5.20. The third kappa shape index (κ3) is 3.54. The minimum Gasteiger partial charge on any atom is -0.497 e. The zero-order valence-electron chi connectivity index (χ0n) is 16.5. The van der Waals surface area contributed by atoms with E-state index in [0.717, 1.165) is 39.7 Å². The fraction of sp³-hybridized carbons (Fsp3) is 0.182.